The molecule has 3 rings (SSSR count). The Hall–Kier alpha value is -2.97. The van der Waals surface area contributed by atoms with Crippen molar-refractivity contribution >= 4 is 26.8 Å². The molecule has 8 heteroatoms. The number of rotatable bonds is 7. The second-order valence-corrected chi connectivity index (χ2v) is 8.86. The quantitative estimate of drug-likeness (QED) is 0.603. The summed E-state index contributed by atoms with van der Waals surface area (Å²) in [5.41, 5.74) is 1.43. The van der Waals surface area contributed by atoms with Crippen LogP contribution < -0.4 is 5.32 Å². The van der Waals surface area contributed by atoms with Crippen LogP contribution in [0.2, 0.25) is 0 Å². The summed E-state index contributed by atoms with van der Waals surface area (Å²) in [7, 11) is -0.669. The number of benzene rings is 2. The first-order valence-electron chi connectivity index (χ1n) is 8.94. The van der Waals surface area contributed by atoms with E-state index in [1.54, 1.807) is 41.0 Å². The van der Waals surface area contributed by atoms with Crippen molar-refractivity contribution in [2.75, 3.05) is 14.1 Å². The number of hydrogen-bond donors (Lipinski definition) is 1. The second kappa shape index (κ2) is 8.18. The zero-order chi connectivity index (χ0) is 21.2. The third kappa shape index (κ3) is 4.08. The lowest BCUT2D eigenvalue weighted by Crippen LogP contribution is -2.25. The normalized spacial score (nSPS) is 11.7. The summed E-state index contributed by atoms with van der Waals surface area (Å²) in [6, 6.07) is 12.6. The zero-order valence-electron chi connectivity index (χ0n) is 16.2. The van der Waals surface area contributed by atoms with Gasteiger partial charge in [0, 0.05) is 43.7 Å². The van der Waals surface area contributed by atoms with Crippen molar-refractivity contribution in [3.05, 3.63) is 78.3 Å². The number of fused-ring (bicyclic) bond motifs is 1. The number of nitrogens with one attached hydrogen (secondary N) is 1. The first-order valence-corrected chi connectivity index (χ1v) is 10.4. The van der Waals surface area contributed by atoms with E-state index >= 15 is 0 Å². The minimum Gasteiger partial charge on any atom is -0.347 e. The number of sulfonamides is 1. The molecule has 152 valence electrons. The van der Waals surface area contributed by atoms with Crippen LogP contribution in [0.25, 0.3) is 10.9 Å². The van der Waals surface area contributed by atoms with Gasteiger partial charge in [0.25, 0.3) is 5.91 Å². The van der Waals surface area contributed by atoms with Gasteiger partial charge in [0.15, 0.2) is 0 Å². The van der Waals surface area contributed by atoms with E-state index in [9.17, 15) is 17.6 Å². The first kappa shape index (κ1) is 20.8. The lowest BCUT2D eigenvalue weighted by atomic mass is 10.2. The molecule has 0 saturated heterocycles. The van der Waals surface area contributed by atoms with Gasteiger partial charge >= 0.3 is 0 Å². The molecule has 2 aromatic carbocycles. The molecule has 1 N–H and O–H groups in total. The molecule has 0 spiro atoms. The van der Waals surface area contributed by atoms with Crippen LogP contribution in [-0.2, 0) is 23.1 Å². The van der Waals surface area contributed by atoms with E-state index in [0.717, 1.165) is 4.31 Å². The summed E-state index contributed by atoms with van der Waals surface area (Å²) in [6.07, 6.45) is 1.65. The van der Waals surface area contributed by atoms with Gasteiger partial charge in [-0.25, -0.2) is 17.1 Å². The van der Waals surface area contributed by atoms with E-state index in [0.29, 0.717) is 28.7 Å². The number of aromatic nitrogens is 1. The van der Waals surface area contributed by atoms with Crippen LogP contribution in [0.1, 0.15) is 16.1 Å². The summed E-state index contributed by atoms with van der Waals surface area (Å²) in [5.74, 6) is -0.777. The molecule has 0 aliphatic rings. The standard InChI is InChI=1S/C21H22FN3O3S/c1-4-11-25-19-10-9-17(29(27,28)24(2)3)12-16(19)13-20(25)21(26)23-14-15-7-5-6-8-18(15)22/h4-10,12-13H,1,11,14H2,2-3H3,(H,23,26). The fraction of sp³-hybridized carbons (Fsp3) is 0.190. The Kier molecular flexibility index (Phi) is 5.86. The summed E-state index contributed by atoms with van der Waals surface area (Å²) in [6.45, 7) is 4.13. The van der Waals surface area contributed by atoms with Crippen molar-refractivity contribution in [1.29, 1.82) is 0 Å². The highest BCUT2D eigenvalue weighted by atomic mass is 32.2. The molecule has 0 aliphatic heterocycles. The molecular formula is C21H22FN3O3S. The minimum absolute atomic E-state index is 0.0430. The third-order valence-corrected chi connectivity index (χ3v) is 6.40. The molecule has 1 heterocycles. The van der Waals surface area contributed by atoms with Gasteiger partial charge < -0.3 is 9.88 Å². The highest BCUT2D eigenvalue weighted by molar-refractivity contribution is 7.89. The van der Waals surface area contributed by atoms with Crippen LogP contribution in [0.4, 0.5) is 4.39 Å². The number of halogens is 1. The van der Waals surface area contributed by atoms with Crippen molar-refractivity contribution in [2.24, 2.45) is 0 Å². The van der Waals surface area contributed by atoms with Crippen LogP contribution in [0.5, 0.6) is 0 Å². The SMILES string of the molecule is C=CCn1c(C(=O)NCc2ccccc2F)cc2cc(S(=O)(=O)N(C)C)ccc21. The Labute approximate surface area is 169 Å². The lowest BCUT2D eigenvalue weighted by molar-refractivity contribution is 0.0942. The Morgan fingerprint density at radius 1 is 1.21 bits per heavy atom. The monoisotopic (exact) mass is 415 g/mol. The highest BCUT2D eigenvalue weighted by Crippen LogP contribution is 2.25. The van der Waals surface area contributed by atoms with Gasteiger partial charge in [-0.2, -0.15) is 0 Å². The molecule has 3 aromatic rings. The van der Waals surface area contributed by atoms with Gasteiger partial charge in [0.05, 0.1) is 4.90 Å². The molecule has 1 aromatic heterocycles. The number of hydrogen-bond acceptors (Lipinski definition) is 3. The Bertz CT molecular complexity index is 1180. The number of carbonyl (C=O) groups excluding carboxylic acids is 1. The summed E-state index contributed by atoms with van der Waals surface area (Å²) >= 11 is 0. The van der Waals surface area contributed by atoms with E-state index in [4.69, 9.17) is 0 Å². The Morgan fingerprint density at radius 3 is 2.59 bits per heavy atom. The highest BCUT2D eigenvalue weighted by Gasteiger charge is 2.20. The molecule has 0 radical (unpaired) electrons. The second-order valence-electron chi connectivity index (χ2n) is 6.71. The predicted molar refractivity (Wildman–Crippen MR) is 111 cm³/mol. The number of carbonyl (C=O) groups is 1. The van der Waals surface area contributed by atoms with E-state index in [1.165, 1.54) is 32.3 Å². The van der Waals surface area contributed by atoms with Crippen molar-refractivity contribution in [2.45, 2.75) is 18.0 Å². The van der Waals surface area contributed by atoms with Crippen LogP contribution >= 0.6 is 0 Å². The third-order valence-electron chi connectivity index (χ3n) is 4.59. The molecular weight excluding hydrogens is 393 g/mol. The molecule has 0 aliphatic carbocycles. The Balaban J connectivity index is 1.98. The maximum absolute atomic E-state index is 13.8. The van der Waals surface area contributed by atoms with E-state index in [-0.39, 0.29) is 17.3 Å². The molecule has 0 bridgehead atoms. The first-order chi connectivity index (χ1) is 13.8. The number of allylic oxidation sites excluding steroid dienone is 1. The fourth-order valence-electron chi connectivity index (χ4n) is 3.04. The average Bonchev–Trinajstić information content (AvgIpc) is 3.05. The van der Waals surface area contributed by atoms with Crippen LogP contribution in [0.15, 0.2) is 66.1 Å². The fourth-order valence-corrected chi connectivity index (χ4v) is 3.98. The maximum atomic E-state index is 13.8. The largest absolute Gasteiger partial charge is 0.347 e. The molecule has 0 atom stereocenters. The van der Waals surface area contributed by atoms with E-state index in [1.807, 2.05) is 0 Å². The number of nitrogens with zero attached hydrogens (tertiary/aromatic N) is 2. The van der Waals surface area contributed by atoms with Crippen LogP contribution in [-0.4, -0.2) is 37.3 Å². The van der Waals surface area contributed by atoms with Crippen molar-refractivity contribution < 1.29 is 17.6 Å². The predicted octanol–water partition coefficient (Wildman–Crippen LogP) is 3.15. The van der Waals surface area contributed by atoms with Gasteiger partial charge in [-0.1, -0.05) is 24.3 Å². The Morgan fingerprint density at radius 2 is 1.93 bits per heavy atom. The van der Waals surface area contributed by atoms with Gasteiger partial charge in [0.1, 0.15) is 11.5 Å². The summed E-state index contributed by atoms with van der Waals surface area (Å²) in [4.78, 5) is 12.9. The van der Waals surface area contributed by atoms with Crippen LogP contribution in [0, 0.1) is 5.82 Å². The molecule has 6 nitrogen and oxygen atoms in total. The minimum atomic E-state index is -3.59. The van der Waals surface area contributed by atoms with Crippen molar-refractivity contribution in [3.8, 4) is 0 Å². The zero-order valence-corrected chi connectivity index (χ0v) is 17.0. The molecule has 0 fully saturated rings. The van der Waals surface area contributed by atoms with E-state index in [2.05, 4.69) is 11.9 Å². The van der Waals surface area contributed by atoms with Crippen molar-refractivity contribution in [1.82, 2.24) is 14.2 Å². The molecule has 0 saturated carbocycles. The van der Waals surface area contributed by atoms with Crippen LogP contribution in [0.3, 0.4) is 0 Å². The van der Waals surface area contributed by atoms with Gasteiger partial charge in [-0.15, -0.1) is 6.58 Å². The number of amides is 1. The maximum Gasteiger partial charge on any atom is 0.268 e. The average molecular weight is 415 g/mol. The van der Waals surface area contributed by atoms with E-state index < -0.39 is 15.8 Å². The smallest absolute Gasteiger partial charge is 0.268 e. The molecule has 1 amide bonds. The van der Waals surface area contributed by atoms with Crippen molar-refractivity contribution in [3.63, 3.8) is 0 Å². The van der Waals surface area contributed by atoms with Gasteiger partial charge in [-0.05, 0) is 30.3 Å². The molecule has 0 unspecified atom stereocenters. The summed E-state index contributed by atoms with van der Waals surface area (Å²) in [5, 5.41) is 3.33. The summed E-state index contributed by atoms with van der Waals surface area (Å²) < 4.78 is 41.5. The molecule has 29 heavy (non-hydrogen) atoms. The van der Waals surface area contributed by atoms with Gasteiger partial charge in [0.2, 0.25) is 10.0 Å². The lowest BCUT2D eigenvalue weighted by Gasteiger charge is -2.12. The topological polar surface area (TPSA) is 71.4 Å². The van der Waals surface area contributed by atoms with Gasteiger partial charge in [-0.3, -0.25) is 4.79 Å².